The van der Waals surface area contributed by atoms with Crippen molar-refractivity contribution >= 4 is 10.9 Å². The van der Waals surface area contributed by atoms with E-state index < -0.39 is 5.54 Å². The van der Waals surface area contributed by atoms with Crippen molar-refractivity contribution in [1.29, 1.82) is 0 Å². The Morgan fingerprint density at radius 3 is 2.23 bits per heavy atom. The average Bonchev–Trinajstić information content (AvgIpc) is 3.63. The van der Waals surface area contributed by atoms with Crippen molar-refractivity contribution in [2.24, 2.45) is 0 Å². The molecule has 0 radical (unpaired) electrons. The van der Waals surface area contributed by atoms with Crippen molar-refractivity contribution in [2.45, 2.75) is 52.1 Å². The van der Waals surface area contributed by atoms with Gasteiger partial charge in [0.1, 0.15) is 5.54 Å². The quantitative estimate of drug-likeness (QED) is 0.191. The number of hydrogen-bond donors (Lipinski definition) is 0. The Hall–Kier alpha value is -4.51. The van der Waals surface area contributed by atoms with Gasteiger partial charge in [-0.25, -0.2) is 0 Å². The number of rotatable bonds is 9. The van der Waals surface area contributed by atoms with E-state index in [1.54, 1.807) is 4.80 Å². The summed E-state index contributed by atoms with van der Waals surface area (Å²) >= 11 is 0. The van der Waals surface area contributed by atoms with Gasteiger partial charge in [0.2, 0.25) is 5.82 Å². The van der Waals surface area contributed by atoms with Crippen LogP contribution >= 0.6 is 0 Å². The van der Waals surface area contributed by atoms with Crippen LogP contribution in [0.2, 0.25) is 0 Å². The molecule has 5 heteroatoms. The van der Waals surface area contributed by atoms with Gasteiger partial charge in [-0.15, -0.1) is 10.2 Å². The largest absolute Gasteiger partial charge is 0.344 e. The topological polar surface area (TPSA) is 48.5 Å². The van der Waals surface area contributed by atoms with Crippen LogP contribution in [-0.4, -0.2) is 24.8 Å². The van der Waals surface area contributed by atoms with Crippen LogP contribution in [0.4, 0.5) is 0 Å². The third kappa shape index (κ3) is 4.95. The summed E-state index contributed by atoms with van der Waals surface area (Å²) in [5.41, 5.74) is 7.94. The number of nitrogens with zero attached hydrogens (tertiary/aromatic N) is 5. The summed E-state index contributed by atoms with van der Waals surface area (Å²) in [6, 6.07) is 38.6. The van der Waals surface area contributed by atoms with Crippen LogP contribution in [0.1, 0.15) is 50.4 Å². The number of hydrogen-bond acceptors (Lipinski definition) is 3. The molecule has 6 rings (SSSR count). The molecular formula is C35H35N5. The molecule has 0 amide bonds. The molecule has 0 N–H and O–H groups in total. The van der Waals surface area contributed by atoms with E-state index in [-0.39, 0.29) is 0 Å². The maximum Gasteiger partial charge on any atom is 0.205 e. The van der Waals surface area contributed by atoms with E-state index in [9.17, 15) is 0 Å². The zero-order chi connectivity index (χ0) is 27.5. The second kappa shape index (κ2) is 10.9. The lowest BCUT2D eigenvalue weighted by Crippen LogP contribution is -2.30. The van der Waals surface area contributed by atoms with E-state index in [1.807, 2.05) is 24.3 Å². The number of unbranched alkanes of at least 4 members (excludes halogenated alkanes) is 1. The van der Waals surface area contributed by atoms with Gasteiger partial charge < -0.3 is 4.57 Å². The Kier molecular flexibility index (Phi) is 7.04. The highest BCUT2D eigenvalue weighted by atomic mass is 15.6. The third-order valence-corrected chi connectivity index (χ3v) is 7.84. The van der Waals surface area contributed by atoms with Gasteiger partial charge in [-0.3, -0.25) is 0 Å². The molecule has 0 aliphatic heterocycles. The fraction of sp³-hybridized carbons (Fsp3) is 0.229. The summed E-state index contributed by atoms with van der Waals surface area (Å²) < 4.78 is 2.49. The van der Waals surface area contributed by atoms with Gasteiger partial charge in [0, 0.05) is 29.7 Å². The lowest BCUT2D eigenvalue weighted by molar-refractivity contribution is 0.337. The van der Waals surface area contributed by atoms with Gasteiger partial charge in [-0.2, -0.15) is 4.80 Å². The van der Waals surface area contributed by atoms with Gasteiger partial charge >= 0.3 is 0 Å². The molecule has 0 aliphatic carbocycles. The predicted molar refractivity (Wildman–Crippen MR) is 163 cm³/mol. The number of tetrazole rings is 1. The molecule has 0 spiro atoms. The van der Waals surface area contributed by atoms with Crippen molar-refractivity contribution in [2.75, 3.05) is 0 Å². The molecule has 0 aliphatic rings. The van der Waals surface area contributed by atoms with E-state index in [0.717, 1.165) is 35.2 Å². The van der Waals surface area contributed by atoms with Crippen LogP contribution in [0.25, 0.3) is 33.4 Å². The summed E-state index contributed by atoms with van der Waals surface area (Å²) in [6.45, 7) is 7.53. The van der Waals surface area contributed by atoms with E-state index in [2.05, 4.69) is 121 Å². The van der Waals surface area contributed by atoms with Crippen molar-refractivity contribution in [3.8, 4) is 22.5 Å². The van der Waals surface area contributed by atoms with Crippen molar-refractivity contribution < 1.29 is 0 Å². The van der Waals surface area contributed by atoms with Crippen LogP contribution in [0, 0.1) is 0 Å². The Bertz CT molecular complexity index is 1730. The molecule has 0 fully saturated rings. The fourth-order valence-electron chi connectivity index (χ4n) is 5.46. The summed E-state index contributed by atoms with van der Waals surface area (Å²) in [7, 11) is 0. The molecule has 2 aromatic heterocycles. The molecule has 5 nitrogen and oxygen atoms in total. The first kappa shape index (κ1) is 25.8. The average molecular weight is 526 g/mol. The minimum absolute atomic E-state index is 0.414. The lowest BCUT2D eigenvalue weighted by atomic mass is 9.95. The fourth-order valence-corrected chi connectivity index (χ4v) is 5.46. The highest BCUT2D eigenvalue weighted by molar-refractivity contribution is 5.82. The standard InChI is InChI=1S/C35H35N5/c1-4-5-23-39-30(25-28-13-9-12-18-33(28)39)24-26-19-21-27(22-20-26)31-16-10-11-17-32(31)34-36-38-40(37-34)35(2,3)29-14-7-6-8-15-29/h6-22,25H,4-5,23-24H2,1-3H3. The van der Waals surface area contributed by atoms with E-state index in [4.69, 9.17) is 5.10 Å². The smallest absolute Gasteiger partial charge is 0.205 e. The maximum absolute atomic E-state index is 4.83. The lowest BCUT2D eigenvalue weighted by Gasteiger charge is -2.23. The maximum atomic E-state index is 4.83. The summed E-state index contributed by atoms with van der Waals surface area (Å²) in [4.78, 5) is 1.72. The number of fused-ring (bicyclic) bond motifs is 1. The molecule has 40 heavy (non-hydrogen) atoms. The van der Waals surface area contributed by atoms with Gasteiger partial charge in [0.25, 0.3) is 0 Å². The number of aromatic nitrogens is 5. The van der Waals surface area contributed by atoms with E-state index in [0.29, 0.717) is 5.82 Å². The summed E-state index contributed by atoms with van der Waals surface area (Å²) in [5.74, 6) is 0.629. The summed E-state index contributed by atoms with van der Waals surface area (Å²) in [5, 5.41) is 15.1. The normalized spacial score (nSPS) is 11.8. The highest BCUT2D eigenvalue weighted by Gasteiger charge is 2.26. The van der Waals surface area contributed by atoms with Crippen LogP contribution < -0.4 is 0 Å². The van der Waals surface area contributed by atoms with Crippen molar-refractivity contribution in [3.63, 3.8) is 0 Å². The predicted octanol–water partition coefficient (Wildman–Crippen LogP) is 8.14. The molecule has 4 aromatic carbocycles. The van der Waals surface area contributed by atoms with E-state index >= 15 is 0 Å². The van der Waals surface area contributed by atoms with Gasteiger partial charge in [0.05, 0.1) is 0 Å². The minimum Gasteiger partial charge on any atom is -0.344 e. The molecule has 6 aromatic rings. The monoisotopic (exact) mass is 525 g/mol. The molecular weight excluding hydrogens is 490 g/mol. The zero-order valence-corrected chi connectivity index (χ0v) is 23.5. The van der Waals surface area contributed by atoms with Crippen LogP contribution in [-0.2, 0) is 18.5 Å². The minimum atomic E-state index is -0.414. The molecule has 0 bridgehead atoms. The second-order valence-corrected chi connectivity index (χ2v) is 10.9. The molecule has 0 saturated carbocycles. The first-order chi connectivity index (χ1) is 19.5. The van der Waals surface area contributed by atoms with Crippen molar-refractivity contribution in [1.82, 2.24) is 24.8 Å². The molecule has 200 valence electrons. The van der Waals surface area contributed by atoms with Crippen molar-refractivity contribution in [3.05, 3.63) is 126 Å². The number of benzene rings is 4. The third-order valence-electron chi connectivity index (χ3n) is 7.84. The Balaban J connectivity index is 1.28. The molecule has 0 atom stereocenters. The molecule has 0 saturated heterocycles. The summed E-state index contributed by atoms with van der Waals surface area (Å²) in [6.07, 6.45) is 3.28. The van der Waals surface area contributed by atoms with Crippen LogP contribution in [0.3, 0.4) is 0 Å². The van der Waals surface area contributed by atoms with Gasteiger partial charge in [-0.05, 0) is 65.3 Å². The Morgan fingerprint density at radius 1 is 0.750 bits per heavy atom. The Morgan fingerprint density at radius 2 is 1.45 bits per heavy atom. The van der Waals surface area contributed by atoms with Gasteiger partial charge in [-0.1, -0.05) is 110 Å². The molecule has 2 heterocycles. The van der Waals surface area contributed by atoms with E-state index in [1.165, 1.54) is 35.0 Å². The zero-order valence-electron chi connectivity index (χ0n) is 23.5. The second-order valence-electron chi connectivity index (χ2n) is 10.9. The number of aryl methyl sites for hydroxylation is 1. The SMILES string of the molecule is CCCCn1c(Cc2ccc(-c3ccccc3-c3nnn(C(C)(C)c4ccccc4)n3)cc2)cc2ccccc21. The molecule has 0 unspecified atom stereocenters. The van der Waals surface area contributed by atoms with Crippen LogP contribution in [0.5, 0.6) is 0 Å². The first-order valence-electron chi connectivity index (χ1n) is 14.2. The van der Waals surface area contributed by atoms with Crippen LogP contribution in [0.15, 0.2) is 109 Å². The number of para-hydroxylation sites is 1. The Labute approximate surface area is 236 Å². The highest BCUT2D eigenvalue weighted by Crippen LogP contribution is 2.32. The first-order valence-corrected chi connectivity index (χ1v) is 14.2. The van der Waals surface area contributed by atoms with Gasteiger partial charge in [0.15, 0.2) is 0 Å².